The fraction of sp³-hybridized carbons (Fsp3) is 0. The summed E-state index contributed by atoms with van der Waals surface area (Å²) >= 11 is 5.97. The van der Waals surface area contributed by atoms with Gasteiger partial charge < -0.3 is 10.8 Å². The molecule has 0 spiro atoms. The van der Waals surface area contributed by atoms with Crippen LogP contribution in [-0.4, -0.2) is 11.1 Å². The van der Waals surface area contributed by atoms with Crippen molar-refractivity contribution in [2.24, 2.45) is 0 Å². The first-order valence-corrected chi connectivity index (χ1v) is 4.69. The molecule has 2 aromatic rings. The monoisotopic (exact) mass is 221 g/mol. The van der Waals surface area contributed by atoms with Crippen LogP contribution in [0.15, 0.2) is 30.3 Å². The lowest BCUT2D eigenvalue weighted by atomic mass is 10.0. The first kappa shape index (κ1) is 9.80. The molecule has 0 saturated heterocycles. The van der Waals surface area contributed by atoms with Crippen molar-refractivity contribution in [2.45, 2.75) is 0 Å². The largest absolute Gasteiger partial charge is 0.478 e. The Kier molecular flexibility index (Phi) is 2.25. The molecule has 0 aliphatic heterocycles. The molecular weight excluding hydrogens is 214 g/mol. The van der Waals surface area contributed by atoms with Crippen LogP contribution in [-0.2, 0) is 0 Å². The van der Waals surface area contributed by atoms with Crippen LogP contribution in [0.3, 0.4) is 0 Å². The van der Waals surface area contributed by atoms with Crippen molar-refractivity contribution >= 4 is 34.0 Å². The van der Waals surface area contributed by atoms with Crippen molar-refractivity contribution in [3.8, 4) is 0 Å². The summed E-state index contributed by atoms with van der Waals surface area (Å²) in [5.41, 5.74) is 6.45. The molecule has 0 saturated carbocycles. The number of hydrogen-bond donors (Lipinski definition) is 2. The Hall–Kier alpha value is -1.74. The Balaban J connectivity index is 2.95. The van der Waals surface area contributed by atoms with E-state index in [2.05, 4.69) is 0 Å². The molecule has 0 atom stereocenters. The summed E-state index contributed by atoms with van der Waals surface area (Å²) in [5.74, 6) is -0.984. The maximum atomic E-state index is 11.0. The second-order valence-electron chi connectivity index (χ2n) is 3.17. The molecule has 3 N–H and O–H groups in total. The van der Waals surface area contributed by atoms with E-state index in [0.29, 0.717) is 21.5 Å². The predicted octanol–water partition coefficient (Wildman–Crippen LogP) is 2.77. The lowest BCUT2D eigenvalue weighted by molar-refractivity contribution is 0.0699. The van der Waals surface area contributed by atoms with Crippen LogP contribution >= 0.6 is 11.6 Å². The number of benzene rings is 2. The molecule has 2 rings (SSSR count). The van der Waals surface area contributed by atoms with Crippen LogP contribution in [0, 0.1) is 0 Å². The number of carboxylic acid groups (broad SMARTS) is 1. The van der Waals surface area contributed by atoms with Gasteiger partial charge in [-0.15, -0.1) is 0 Å². The first-order chi connectivity index (χ1) is 7.11. The van der Waals surface area contributed by atoms with Crippen LogP contribution in [0.2, 0.25) is 5.02 Å². The second-order valence-corrected chi connectivity index (χ2v) is 3.58. The highest BCUT2D eigenvalue weighted by molar-refractivity contribution is 6.37. The summed E-state index contributed by atoms with van der Waals surface area (Å²) in [4.78, 5) is 11.0. The molecule has 15 heavy (non-hydrogen) atoms. The summed E-state index contributed by atoms with van der Waals surface area (Å²) in [6.45, 7) is 0. The van der Waals surface area contributed by atoms with Crippen molar-refractivity contribution < 1.29 is 9.90 Å². The number of fused-ring (bicyclic) bond motifs is 1. The van der Waals surface area contributed by atoms with Gasteiger partial charge >= 0.3 is 5.97 Å². The highest BCUT2D eigenvalue weighted by Crippen LogP contribution is 2.30. The molecule has 0 fully saturated rings. The molecule has 0 unspecified atom stereocenters. The Morgan fingerprint density at radius 3 is 2.67 bits per heavy atom. The first-order valence-electron chi connectivity index (χ1n) is 4.31. The molecule has 0 aromatic heterocycles. The van der Waals surface area contributed by atoms with Crippen molar-refractivity contribution in [2.75, 3.05) is 5.73 Å². The van der Waals surface area contributed by atoms with Gasteiger partial charge in [-0.05, 0) is 23.6 Å². The van der Waals surface area contributed by atoms with Crippen LogP contribution in [0.5, 0.6) is 0 Å². The number of rotatable bonds is 1. The predicted molar refractivity (Wildman–Crippen MR) is 60.3 cm³/mol. The van der Waals surface area contributed by atoms with Gasteiger partial charge in [-0.25, -0.2) is 4.79 Å². The summed E-state index contributed by atoms with van der Waals surface area (Å²) in [6, 6.07) is 8.12. The van der Waals surface area contributed by atoms with Crippen molar-refractivity contribution in [1.82, 2.24) is 0 Å². The minimum Gasteiger partial charge on any atom is -0.478 e. The van der Waals surface area contributed by atoms with E-state index >= 15 is 0 Å². The summed E-state index contributed by atoms with van der Waals surface area (Å²) < 4.78 is 0. The van der Waals surface area contributed by atoms with Gasteiger partial charge in [0, 0.05) is 11.1 Å². The third kappa shape index (κ3) is 1.51. The molecule has 4 heteroatoms. The standard InChI is InChI=1S/C11H8ClNO2/c12-8-3-1-2-6-7(11(14)15)4-5-9(13)10(6)8/h1-5H,13H2,(H,14,15). The van der Waals surface area contributed by atoms with Gasteiger partial charge in [0.15, 0.2) is 0 Å². The average molecular weight is 222 g/mol. The van der Waals surface area contributed by atoms with Gasteiger partial charge in [-0.1, -0.05) is 23.7 Å². The molecule has 0 amide bonds. The minimum atomic E-state index is -0.984. The summed E-state index contributed by atoms with van der Waals surface area (Å²) in [6.07, 6.45) is 0. The number of aromatic carboxylic acids is 1. The zero-order valence-electron chi connectivity index (χ0n) is 7.70. The maximum Gasteiger partial charge on any atom is 0.336 e. The van der Waals surface area contributed by atoms with E-state index in [4.69, 9.17) is 22.4 Å². The quantitative estimate of drug-likeness (QED) is 0.728. The maximum absolute atomic E-state index is 11.0. The van der Waals surface area contributed by atoms with E-state index in [1.54, 1.807) is 24.3 Å². The van der Waals surface area contributed by atoms with E-state index in [1.165, 1.54) is 6.07 Å². The van der Waals surface area contributed by atoms with Crippen LogP contribution in [0.25, 0.3) is 10.8 Å². The molecule has 0 aliphatic carbocycles. The lowest BCUT2D eigenvalue weighted by Crippen LogP contribution is -1.99. The summed E-state index contributed by atoms with van der Waals surface area (Å²) in [5, 5.41) is 10.6. The van der Waals surface area contributed by atoms with Gasteiger partial charge in [-0.2, -0.15) is 0 Å². The number of carbonyl (C=O) groups is 1. The molecule has 0 heterocycles. The summed E-state index contributed by atoms with van der Waals surface area (Å²) in [7, 11) is 0. The van der Waals surface area contributed by atoms with Crippen LogP contribution in [0.1, 0.15) is 10.4 Å². The van der Waals surface area contributed by atoms with E-state index in [1.807, 2.05) is 0 Å². The van der Waals surface area contributed by atoms with Gasteiger partial charge in [-0.3, -0.25) is 0 Å². The molecule has 0 radical (unpaired) electrons. The lowest BCUT2D eigenvalue weighted by Gasteiger charge is -2.06. The van der Waals surface area contributed by atoms with Crippen LogP contribution < -0.4 is 5.73 Å². The second kappa shape index (κ2) is 3.44. The van der Waals surface area contributed by atoms with Gasteiger partial charge in [0.2, 0.25) is 0 Å². The average Bonchev–Trinajstić information content (AvgIpc) is 2.17. The third-order valence-corrected chi connectivity index (χ3v) is 2.57. The SMILES string of the molecule is Nc1ccc(C(=O)O)c2cccc(Cl)c12. The number of nitrogens with two attached hydrogens (primary N) is 1. The molecule has 0 bridgehead atoms. The van der Waals surface area contributed by atoms with E-state index in [-0.39, 0.29) is 5.56 Å². The number of nitrogen functional groups attached to an aromatic ring is 1. The number of halogens is 1. The number of carboxylic acids is 1. The van der Waals surface area contributed by atoms with E-state index < -0.39 is 5.97 Å². The number of anilines is 1. The topological polar surface area (TPSA) is 63.3 Å². The molecular formula is C11H8ClNO2. The zero-order chi connectivity index (χ0) is 11.0. The van der Waals surface area contributed by atoms with Gasteiger partial charge in [0.1, 0.15) is 0 Å². The molecule has 0 aliphatic rings. The smallest absolute Gasteiger partial charge is 0.336 e. The number of hydrogen-bond acceptors (Lipinski definition) is 2. The fourth-order valence-corrected chi connectivity index (χ4v) is 1.86. The van der Waals surface area contributed by atoms with E-state index in [0.717, 1.165) is 0 Å². The molecule has 2 aromatic carbocycles. The minimum absolute atomic E-state index is 0.210. The van der Waals surface area contributed by atoms with Crippen molar-refractivity contribution in [1.29, 1.82) is 0 Å². The van der Waals surface area contributed by atoms with E-state index in [9.17, 15) is 4.79 Å². The van der Waals surface area contributed by atoms with Crippen molar-refractivity contribution in [3.63, 3.8) is 0 Å². The Labute approximate surface area is 91.1 Å². The Bertz CT molecular complexity index is 543. The molecule has 76 valence electrons. The molecule has 3 nitrogen and oxygen atoms in total. The fourth-order valence-electron chi connectivity index (χ4n) is 1.57. The van der Waals surface area contributed by atoms with Crippen LogP contribution in [0.4, 0.5) is 5.69 Å². The third-order valence-electron chi connectivity index (χ3n) is 2.25. The highest BCUT2D eigenvalue weighted by Gasteiger charge is 2.11. The van der Waals surface area contributed by atoms with Gasteiger partial charge in [0.05, 0.1) is 10.6 Å². The van der Waals surface area contributed by atoms with Gasteiger partial charge in [0.25, 0.3) is 0 Å². The normalized spacial score (nSPS) is 10.5. The highest BCUT2D eigenvalue weighted by atomic mass is 35.5. The van der Waals surface area contributed by atoms with Crippen molar-refractivity contribution in [3.05, 3.63) is 40.9 Å². The zero-order valence-corrected chi connectivity index (χ0v) is 8.45. The Morgan fingerprint density at radius 1 is 1.27 bits per heavy atom. The Morgan fingerprint density at radius 2 is 2.00 bits per heavy atom.